The molecule has 3 rings (SSSR count). The molecule has 1 aliphatic heterocycles. The van der Waals surface area contributed by atoms with Crippen LogP contribution >= 0.6 is 0 Å². The van der Waals surface area contributed by atoms with E-state index in [1.54, 1.807) is 25.1 Å². The third-order valence-electron chi connectivity index (χ3n) is 3.80. The molecule has 1 N–H and O–H groups in total. The molecule has 25 heavy (non-hydrogen) atoms. The number of ether oxygens (including phenoxy) is 1. The smallest absolute Gasteiger partial charge is 0.251 e. The normalized spacial score (nSPS) is 15.9. The lowest BCUT2D eigenvalue weighted by molar-refractivity contribution is 0.0730. The number of hydrogen-bond donors (Lipinski definition) is 1. The number of aromatic nitrogens is 1. The fraction of sp³-hybridized carbons (Fsp3) is 0.375. The highest BCUT2D eigenvalue weighted by Gasteiger charge is 2.26. The van der Waals surface area contributed by atoms with E-state index < -0.39 is 10.0 Å². The zero-order chi connectivity index (χ0) is 17.9. The van der Waals surface area contributed by atoms with E-state index in [1.165, 1.54) is 16.4 Å². The van der Waals surface area contributed by atoms with Crippen molar-refractivity contribution < 1.29 is 22.5 Å². The minimum Gasteiger partial charge on any atom is -0.379 e. The molecule has 0 unspecified atom stereocenters. The van der Waals surface area contributed by atoms with Gasteiger partial charge < -0.3 is 14.6 Å². The Balaban J connectivity index is 1.73. The molecule has 2 aromatic rings. The number of hydrogen-bond acceptors (Lipinski definition) is 6. The second-order valence-corrected chi connectivity index (χ2v) is 7.60. The van der Waals surface area contributed by atoms with Crippen molar-refractivity contribution >= 4 is 15.9 Å². The highest BCUT2D eigenvalue weighted by molar-refractivity contribution is 7.89. The summed E-state index contributed by atoms with van der Waals surface area (Å²) in [7, 11) is -3.64. The molecule has 1 aromatic carbocycles. The molecule has 2 heterocycles. The number of amides is 1. The first kappa shape index (κ1) is 17.6. The minimum absolute atomic E-state index is 0.0950. The van der Waals surface area contributed by atoms with Gasteiger partial charge in [-0.15, -0.1) is 0 Å². The molecule has 1 fully saturated rings. The van der Waals surface area contributed by atoms with Gasteiger partial charge in [-0.2, -0.15) is 4.31 Å². The molecule has 0 spiro atoms. The van der Waals surface area contributed by atoms with Crippen LogP contribution in [-0.2, 0) is 21.3 Å². The van der Waals surface area contributed by atoms with E-state index >= 15 is 0 Å². The van der Waals surface area contributed by atoms with Gasteiger partial charge in [0.25, 0.3) is 5.91 Å². The third-order valence-corrected chi connectivity index (χ3v) is 5.70. The maximum absolute atomic E-state index is 12.7. The molecule has 134 valence electrons. The number of morpholine rings is 1. The third kappa shape index (κ3) is 4.06. The van der Waals surface area contributed by atoms with Crippen LogP contribution < -0.4 is 5.32 Å². The van der Waals surface area contributed by atoms with Crippen molar-refractivity contribution in [2.24, 2.45) is 0 Å². The number of aryl methyl sites for hydroxylation is 1. The quantitative estimate of drug-likeness (QED) is 0.846. The standard InChI is InChI=1S/C16H19N3O5S/c1-12-9-14(24-18-12)11-17-16(20)13-3-2-4-15(10-13)25(21,22)19-5-7-23-8-6-19/h2-4,9-10H,5-8,11H2,1H3,(H,17,20). The highest BCUT2D eigenvalue weighted by Crippen LogP contribution is 2.18. The zero-order valence-electron chi connectivity index (χ0n) is 13.8. The van der Waals surface area contributed by atoms with Gasteiger partial charge in [0.15, 0.2) is 5.76 Å². The number of nitrogens with zero attached hydrogens (tertiary/aromatic N) is 2. The van der Waals surface area contributed by atoms with Gasteiger partial charge in [0.05, 0.1) is 30.3 Å². The van der Waals surface area contributed by atoms with Gasteiger partial charge in [0, 0.05) is 24.7 Å². The van der Waals surface area contributed by atoms with Gasteiger partial charge in [-0.3, -0.25) is 4.79 Å². The lowest BCUT2D eigenvalue weighted by Crippen LogP contribution is -2.40. The number of carbonyl (C=O) groups excluding carboxylic acids is 1. The van der Waals surface area contributed by atoms with Crippen molar-refractivity contribution in [1.82, 2.24) is 14.8 Å². The van der Waals surface area contributed by atoms with Crippen LogP contribution in [0.5, 0.6) is 0 Å². The van der Waals surface area contributed by atoms with Crippen LogP contribution in [0, 0.1) is 6.92 Å². The summed E-state index contributed by atoms with van der Waals surface area (Å²) in [4.78, 5) is 12.4. The van der Waals surface area contributed by atoms with Gasteiger partial charge in [-0.05, 0) is 25.1 Å². The molecule has 9 heteroatoms. The average molecular weight is 365 g/mol. The Bertz CT molecular complexity index is 856. The van der Waals surface area contributed by atoms with Gasteiger partial charge in [-0.1, -0.05) is 11.2 Å². The highest BCUT2D eigenvalue weighted by atomic mass is 32.2. The summed E-state index contributed by atoms with van der Waals surface area (Å²) in [6, 6.07) is 7.72. The number of benzene rings is 1. The molecule has 1 saturated heterocycles. The van der Waals surface area contributed by atoms with Crippen LogP contribution in [0.1, 0.15) is 21.8 Å². The summed E-state index contributed by atoms with van der Waals surface area (Å²) in [6.07, 6.45) is 0. The average Bonchev–Trinajstić information content (AvgIpc) is 3.06. The summed E-state index contributed by atoms with van der Waals surface area (Å²) in [5.74, 6) is 0.149. The maximum Gasteiger partial charge on any atom is 0.251 e. The van der Waals surface area contributed by atoms with Crippen molar-refractivity contribution in [3.8, 4) is 0 Å². The van der Waals surface area contributed by atoms with Gasteiger partial charge >= 0.3 is 0 Å². The van der Waals surface area contributed by atoms with Crippen molar-refractivity contribution in [1.29, 1.82) is 0 Å². The van der Waals surface area contributed by atoms with E-state index in [0.717, 1.165) is 5.69 Å². The predicted molar refractivity (Wildman–Crippen MR) is 88.4 cm³/mol. The zero-order valence-corrected chi connectivity index (χ0v) is 14.6. The van der Waals surface area contributed by atoms with Crippen molar-refractivity contribution in [3.63, 3.8) is 0 Å². The first-order valence-corrected chi connectivity index (χ1v) is 9.29. The summed E-state index contributed by atoms with van der Waals surface area (Å²) < 4.78 is 36.9. The largest absolute Gasteiger partial charge is 0.379 e. The second-order valence-electron chi connectivity index (χ2n) is 5.66. The van der Waals surface area contributed by atoms with E-state index in [1.807, 2.05) is 0 Å². The van der Waals surface area contributed by atoms with Crippen molar-refractivity contribution in [2.75, 3.05) is 26.3 Å². The fourth-order valence-electron chi connectivity index (χ4n) is 2.50. The SMILES string of the molecule is Cc1cc(CNC(=O)c2cccc(S(=O)(=O)N3CCOCC3)c2)on1. The van der Waals surface area contributed by atoms with Gasteiger partial charge in [0.2, 0.25) is 10.0 Å². The fourth-order valence-corrected chi connectivity index (χ4v) is 3.96. The molecular weight excluding hydrogens is 346 g/mol. The van der Waals surface area contributed by atoms with E-state index in [0.29, 0.717) is 32.1 Å². The Labute approximate surface area is 145 Å². The monoisotopic (exact) mass is 365 g/mol. The lowest BCUT2D eigenvalue weighted by Gasteiger charge is -2.26. The first-order valence-electron chi connectivity index (χ1n) is 7.85. The minimum atomic E-state index is -3.64. The summed E-state index contributed by atoms with van der Waals surface area (Å²) in [6.45, 7) is 3.33. The lowest BCUT2D eigenvalue weighted by atomic mass is 10.2. The Kier molecular flexibility index (Phi) is 5.16. The number of rotatable bonds is 5. The second kappa shape index (κ2) is 7.34. The summed E-state index contributed by atoms with van der Waals surface area (Å²) in [5, 5.41) is 6.43. The van der Waals surface area contributed by atoms with Crippen LogP contribution in [0.3, 0.4) is 0 Å². The molecule has 1 amide bonds. The topological polar surface area (TPSA) is 102 Å². The number of nitrogens with one attached hydrogen (secondary N) is 1. The Morgan fingerprint density at radius 2 is 2.04 bits per heavy atom. The molecule has 8 nitrogen and oxygen atoms in total. The molecule has 0 aliphatic carbocycles. The Hall–Kier alpha value is -2.23. The van der Waals surface area contributed by atoms with Gasteiger partial charge in [0.1, 0.15) is 0 Å². The van der Waals surface area contributed by atoms with Gasteiger partial charge in [-0.25, -0.2) is 8.42 Å². The van der Waals surface area contributed by atoms with Crippen LogP contribution in [0.2, 0.25) is 0 Å². The predicted octanol–water partition coefficient (Wildman–Crippen LogP) is 0.934. The molecule has 0 radical (unpaired) electrons. The first-order chi connectivity index (χ1) is 12.0. The maximum atomic E-state index is 12.7. The van der Waals surface area contributed by atoms with Crippen LogP contribution in [-0.4, -0.2) is 50.1 Å². The molecule has 0 bridgehead atoms. The van der Waals surface area contributed by atoms with Crippen LogP contribution in [0.15, 0.2) is 39.8 Å². The summed E-state index contributed by atoms with van der Waals surface area (Å²) in [5.41, 5.74) is 0.994. The number of sulfonamides is 1. The molecular formula is C16H19N3O5S. The summed E-state index contributed by atoms with van der Waals surface area (Å²) >= 11 is 0. The van der Waals surface area contributed by atoms with E-state index in [9.17, 15) is 13.2 Å². The Morgan fingerprint density at radius 3 is 2.72 bits per heavy atom. The molecule has 1 aromatic heterocycles. The van der Waals surface area contributed by atoms with Crippen LogP contribution in [0.25, 0.3) is 0 Å². The van der Waals surface area contributed by atoms with E-state index in [-0.39, 0.29) is 22.9 Å². The molecule has 1 aliphatic rings. The number of carbonyl (C=O) groups is 1. The van der Waals surface area contributed by atoms with Crippen molar-refractivity contribution in [3.05, 3.63) is 47.3 Å². The van der Waals surface area contributed by atoms with Crippen molar-refractivity contribution in [2.45, 2.75) is 18.4 Å². The van der Waals surface area contributed by atoms with E-state index in [2.05, 4.69) is 10.5 Å². The Morgan fingerprint density at radius 1 is 1.28 bits per heavy atom. The van der Waals surface area contributed by atoms with E-state index in [4.69, 9.17) is 9.26 Å². The molecule has 0 saturated carbocycles. The molecule has 0 atom stereocenters. The van der Waals surface area contributed by atoms with Crippen LogP contribution in [0.4, 0.5) is 0 Å².